The van der Waals surface area contributed by atoms with E-state index in [0.717, 1.165) is 11.1 Å². The lowest BCUT2D eigenvalue weighted by molar-refractivity contribution is 0.101. The Labute approximate surface area is 155 Å². The first-order valence-electron chi connectivity index (χ1n) is 8.70. The highest BCUT2D eigenvalue weighted by Crippen LogP contribution is 2.35. The van der Waals surface area contributed by atoms with Gasteiger partial charge in [-0.05, 0) is 47.2 Å². The van der Waals surface area contributed by atoms with Gasteiger partial charge in [0, 0.05) is 6.07 Å². The molecule has 3 nitrogen and oxygen atoms in total. The number of ether oxygens (including phenoxy) is 2. The van der Waals surface area contributed by atoms with E-state index in [9.17, 15) is 4.79 Å². The minimum absolute atomic E-state index is 0.0990. The van der Waals surface area contributed by atoms with Gasteiger partial charge in [0.15, 0.2) is 5.76 Å². The first-order chi connectivity index (χ1) is 12.2. The quantitative estimate of drug-likeness (QED) is 0.536. The molecule has 0 bridgehead atoms. The topological polar surface area (TPSA) is 35.5 Å². The van der Waals surface area contributed by atoms with Crippen LogP contribution in [0.5, 0.6) is 11.5 Å². The van der Waals surface area contributed by atoms with Gasteiger partial charge in [0.1, 0.15) is 18.1 Å². The summed E-state index contributed by atoms with van der Waals surface area (Å²) in [5.41, 5.74) is 3.78. The standard InChI is InChI=1S/C23H24O3/c1-15(2)14-25-18-10-11-19-20(13-18)26-21(22(19)24)12-16-6-8-17(9-7-16)23(3,4)5/h6-13H,1,14H2,2-5H3. The molecule has 0 saturated heterocycles. The number of Topliss-reactive ketones (excluding diaryl/α,β-unsaturated/α-hetero) is 1. The Morgan fingerprint density at radius 1 is 1.15 bits per heavy atom. The van der Waals surface area contributed by atoms with Crippen LogP contribution in [0.3, 0.4) is 0 Å². The van der Waals surface area contributed by atoms with Crippen LogP contribution in [0.15, 0.2) is 60.4 Å². The third-order valence-electron chi connectivity index (χ3n) is 4.20. The van der Waals surface area contributed by atoms with E-state index in [0.29, 0.717) is 29.4 Å². The Morgan fingerprint density at radius 2 is 1.85 bits per heavy atom. The highest BCUT2D eigenvalue weighted by Gasteiger charge is 2.27. The summed E-state index contributed by atoms with van der Waals surface area (Å²) in [6, 6.07) is 13.5. The van der Waals surface area contributed by atoms with Gasteiger partial charge in [-0.1, -0.05) is 51.6 Å². The zero-order valence-electron chi connectivity index (χ0n) is 15.8. The van der Waals surface area contributed by atoms with Crippen LogP contribution >= 0.6 is 0 Å². The SMILES string of the molecule is C=C(C)COc1ccc2c(c1)OC(=Cc1ccc(C(C)(C)C)cc1)C2=O. The summed E-state index contributed by atoms with van der Waals surface area (Å²) >= 11 is 0. The molecule has 0 spiro atoms. The van der Waals surface area contributed by atoms with E-state index in [1.54, 1.807) is 24.3 Å². The number of ketones is 1. The minimum atomic E-state index is -0.105. The smallest absolute Gasteiger partial charge is 0.231 e. The number of rotatable bonds is 4. The number of fused-ring (bicyclic) bond motifs is 1. The molecule has 0 unspecified atom stereocenters. The third-order valence-corrected chi connectivity index (χ3v) is 4.20. The van der Waals surface area contributed by atoms with Gasteiger partial charge in [-0.25, -0.2) is 0 Å². The van der Waals surface area contributed by atoms with E-state index < -0.39 is 0 Å². The van der Waals surface area contributed by atoms with Gasteiger partial charge in [-0.2, -0.15) is 0 Å². The van der Waals surface area contributed by atoms with Crippen LogP contribution < -0.4 is 9.47 Å². The number of carbonyl (C=O) groups excluding carboxylic acids is 1. The largest absolute Gasteiger partial charge is 0.489 e. The van der Waals surface area contributed by atoms with Crippen molar-refractivity contribution < 1.29 is 14.3 Å². The molecule has 3 rings (SSSR count). The number of benzene rings is 2. The van der Waals surface area contributed by atoms with Crippen molar-refractivity contribution in [2.24, 2.45) is 0 Å². The lowest BCUT2D eigenvalue weighted by Gasteiger charge is -2.18. The van der Waals surface area contributed by atoms with Crippen molar-refractivity contribution in [3.8, 4) is 11.5 Å². The van der Waals surface area contributed by atoms with E-state index in [-0.39, 0.29) is 11.2 Å². The molecule has 2 aromatic rings. The fourth-order valence-electron chi connectivity index (χ4n) is 2.69. The van der Waals surface area contributed by atoms with Crippen molar-refractivity contribution in [3.63, 3.8) is 0 Å². The third kappa shape index (κ3) is 3.88. The summed E-state index contributed by atoms with van der Waals surface area (Å²) in [5.74, 6) is 1.43. The highest BCUT2D eigenvalue weighted by molar-refractivity contribution is 6.14. The predicted molar refractivity (Wildman–Crippen MR) is 105 cm³/mol. The molecule has 0 atom stereocenters. The number of carbonyl (C=O) groups is 1. The molecule has 0 radical (unpaired) electrons. The van der Waals surface area contributed by atoms with Gasteiger partial charge in [0.25, 0.3) is 0 Å². The van der Waals surface area contributed by atoms with Crippen LogP contribution in [-0.4, -0.2) is 12.4 Å². The Morgan fingerprint density at radius 3 is 2.46 bits per heavy atom. The van der Waals surface area contributed by atoms with Crippen LogP contribution in [0.4, 0.5) is 0 Å². The molecule has 0 fully saturated rings. The molecule has 1 heterocycles. The van der Waals surface area contributed by atoms with Crippen LogP contribution in [0, 0.1) is 0 Å². The van der Waals surface area contributed by atoms with E-state index in [2.05, 4.69) is 39.5 Å². The molecule has 0 aromatic heterocycles. The Kier molecular flexibility index (Phi) is 4.73. The second-order valence-corrected chi connectivity index (χ2v) is 7.72. The second kappa shape index (κ2) is 6.83. The monoisotopic (exact) mass is 348 g/mol. The zero-order chi connectivity index (χ0) is 18.9. The summed E-state index contributed by atoms with van der Waals surface area (Å²) in [7, 11) is 0. The molecular weight excluding hydrogens is 324 g/mol. The van der Waals surface area contributed by atoms with Crippen molar-refractivity contribution >= 4 is 11.9 Å². The predicted octanol–water partition coefficient (Wildman–Crippen LogP) is 5.56. The molecule has 0 N–H and O–H groups in total. The van der Waals surface area contributed by atoms with Gasteiger partial charge in [0.05, 0.1) is 5.56 Å². The van der Waals surface area contributed by atoms with E-state index >= 15 is 0 Å². The summed E-state index contributed by atoms with van der Waals surface area (Å²) in [5, 5.41) is 0. The van der Waals surface area contributed by atoms with Crippen molar-refractivity contribution in [2.45, 2.75) is 33.1 Å². The number of hydrogen-bond acceptors (Lipinski definition) is 3. The summed E-state index contributed by atoms with van der Waals surface area (Å²) in [6.45, 7) is 12.7. The van der Waals surface area contributed by atoms with Crippen molar-refractivity contribution in [2.75, 3.05) is 6.61 Å². The molecular formula is C23H24O3. The molecule has 0 aliphatic carbocycles. The summed E-state index contributed by atoms with van der Waals surface area (Å²) < 4.78 is 11.4. The fraction of sp³-hybridized carbons (Fsp3) is 0.261. The van der Waals surface area contributed by atoms with Crippen molar-refractivity contribution in [1.29, 1.82) is 0 Å². The van der Waals surface area contributed by atoms with Crippen molar-refractivity contribution in [1.82, 2.24) is 0 Å². The molecule has 1 aliphatic heterocycles. The first kappa shape index (κ1) is 18.0. The van der Waals surface area contributed by atoms with Crippen LogP contribution in [0.2, 0.25) is 0 Å². The maximum absolute atomic E-state index is 12.6. The Bertz CT molecular complexity index is 881. The van der Waals surface area contributed by atoms with Gasteiger partial charge < -0.3 is 9.47 Å². The fourth-order valence-corrected chi connectivity index (χ4v) is 2.69. The van der Waals surface area contributed by atoms with Crippen LogP contribution in [-0.2, 0) is 5.41 Å². The molecule has 0 amide bonds. The average molecular weight is 348 g/mol. The van der Waals surface area contributed by atoms with Gasteiger partial charge in [-0.15, -0.1) is 0 Å². The van der Waals surface area contributed by atoms with E-state index in [1.165, 1.54) is 5.56 Å². The summed E-state index contributed by atoms with van der Waals surface area (Å²) in [4.78, 5) is 12.6. The van der Waals surface area contributed by atoms with Crippen LogP contribution in [0.1, 0.15) is 49.2 Å². The number of hydrogen-bond donors (Lipinski definition) is 0. The zero-order valence-corrected chi connectivity index (χ0v) is 15.8. The highest BCUT2D eigenvalue weighted by atomic mass is 16.5. The molecule has 1 aliphatic rings. The molecule has 0 saturated carbocycles. The van der Waals surface area contributed by atoms with Gasteiger partial charge >= 0.3 is 0 Å². The van der Waals surface area contributed by atoms with Gasteiger partial charge in [-0.3, -0.25) is 4.79 Å². The Hall–Kier alpha value is -2.81. The van der Waals surface area contributed by atoms with E-state index in [1.807, 2.05) is 19.1 Å². The lowest BCUT2D eigenvalue weighted by Crippen LogP contribution is -2.10. The maximum Gasteiger partial charge on any atom is 0.231 e. The Balaban J connectivity index is 1.80. The molecule has 134 valence electrons. The normalized spacial score (nSPS) is 14.9. The van der Waals surface area contributed by atoms with Crippen LogP contribution in [0.25, 0.3) is 6.08 Å². The molecule has 26 heavy (non-hydrogen) atoms. The molecule has 3 heteroatoms. The van der Waals surface area contributed by atoms with Gasteiger partial charge in [0.2, 0.25) is 5.78 Å². The first-order valence-corrected chi connectivity index (χ1v) is 8.70. The maximum atomic E-state index is 12.6. The average Bonchev–Trinajstić information content (AvgIpc) is 2.88. The summed E-state index contributed by atoms with van der Waals surface area (Å²) in [6.07, 6.45) is 1.78. The molecule has 2 aromatic carbocycles. The van der Waals surface area contributed by atoms with E-state index in [4.69, 9.17) is 9.47 Å². The minimum Gasteiger partial charge on any atom is -0.489 e. The second-order valence-electron chi connectivity index (χ2n) is 7.72. The van der Waals surface area contributed by atoms with Crippen molar-refractivity contribution in [3.05, 3.63) is 77.1 Å². The number of allylic oxidation sites excluding steroid dienone is 1. The lowest BCUT2D eigenvalue weighted by atomic mass is 9.86.